The van der Waals surface area contributed by atoms with Gasteiger partial charge in [-0.15, -0.1) is 0 Å². The molecule has 0 spiro atoms. The molecule has 0 radical (unpaired) electrons. The van der Waals surface area contributed by atoms with Crippen molar-refractivity contribution < 1.29 is 24.5 Å². The number of carbonyl (C=O) groups is 2. The highest BCUT2D eigenvalue weighted by atomic mass is 79.9. The number of phenols is 1. The lowest BCUT2D eigenvalue weighted by atomic mass is 9.96. The molecule has 1 fully saturated rings. The summed E-state index contributed by atoms with van der Waals surface area (Å²) in [6.45, 7) is 5.94. The number of aliphatic hydroxyl groups excluding tert-OH is 1. The number of hydrogen-bond acceptors (Lipinski definition) is 8. The van der Waals surface area contributed by atoms with Crippen LogP contribution in [0.25, 0.3) is 11.0 Å². The Bertz CT molecular complexity index is 1010. The normalized spacial score (nSPS) is 18.8. The van der Waals surface area contributed by atoms with Crippen LogP contribution >= 0.6 is 15.9 Å². The first-order valence-corrected chi connectivity index (χ1v) is 11.7. The van der Waals surface area contributed by atoms with Crippen LogP contribution in [-0.4, -0.2) is 74.5 Å². The molecule has 2 amide bonds. The van der Waals surface area contributed by atoms with Crippen molar-refractivity contribution in [2.45, 2.75) is 57.7 Å². The van der Waals surface area contributed by atoms with Crippen LogP contribution in [0.2, 0.25) is 0 Å². The van der Waals surface area contributed by atoms with Gasteiger partial charge in [-0.3, -0.25) is 14.7 Å². The van der Waals surface area contributed by atoms with E-state index in [4.69, 9.17) is 9.84 Å². The Balaban J connectivity index is 1.76. The predicted molar refractivity (Wildman–Crippen MR) is 127 cm³/mol. The van der Waals surface area contributed by atoms with E-state index in [1.54, 1.807) is 39.1 Å². The average molecular weight is 524 g/mol. The number of aromatic nitrogens is 2. The third-order valence-corrected chi connectivity index (χ3v) is 5.80. The fourth-order valence-corrected chi connectivity index (χ4v) is 3.93. The van der Waals surface area contributed by atoms with Gasteiger partial charge in [0.15, 0.2) is 5.75 Å². The zero-order chi connectivity index (χ0) is 24.2. The second-order valence-electron chi connectivity index (χ2n) is 8.94. The summed E-state index contributed by atoms with van der Waals surface area (Å²) in [5, 5.41) is 25.3. The lowest BCUT2D eigenvalue weighted by Gasteiger charge is -2.39. The topological polar surface area (TPSA) is 137 Å². The number of piperidine rings is 1. The van der Waals surface area contributed by atoms with E-state index in [0.29, 0.717) is 53.7 Å². The minimum atomic E-state index is -0.735. The molecule has 4 N–H and O–H groups in total. The highest BCUT2D eigenvalue weighted by molar-refractivity contribution is 9.10. The van der Waals surface area contributed by atoms with Crippen molar-refractivity contribution in [1.29, 1.82) is 0 Å². The minimum Gasteiger partial charge on any atom is -0.504 e. The molecule has 0 saturated carbocycles. The Labute approximate surface area is 200 Å². The predicted octanol–water partition coefficient (Wildman–Crippen LogP) is 2.78. The zero-order valence-electron chi connectivity index (χ0n) is 19.0. The third-order valence-electron chi connectivity index (χ3n) is 5.16. The van der Waals surface area contributed by atoms with E-state index in [1.807, 2.05) is 0 Å². The minimum absolute atomic E-state index is 0.00420. The Kier molecular flexibility index (Phi) is 7.96. The maximum absolute atomic E-state index is 12.9. The van der Waals surface area contributed by atoms with Crippen LogP contribution in [0.4, 0.5) is 10.6 Å². The first kappa shape index (κ1) is 25.0. The molecule has 180 valence electrons. The van der Waals surface area contributed by atoms with E-state index >= 15 is 0 Å². The van der Waals surface area contributed by atoms with Gasteiger partial charge in [-0.2, -0.15) is 0 Å². The van der Waals surface area contributed by atoms with Gasteiger partial charge < -0.3 is 25.6 Å². The average Bonchev–Trinajstić information content (AvgIpc) is 2.75. The summed E-state index contributed by atoms with van der Waals surface area (Å²) < 4.78 is 6.02. The number of phenolic OH excluding ortho intramolecular Hbond substituents is 1. The number of halogens is 1. The number of likely N-dealkylation sites (tertiary alicyclic amines) is 1. The number of rotatable bonds is 6. The van der Waals surface area contributed by atoms with Crippen molar-refractivity contribution in [3.05, 3.63) is 22.8 Å². The van der Waals surface area contributed by atoms with Crippen LogP contribution in [0.15, 0.2) is 22.8 Å². The van der Waals surface area contributed by atoms with Crippen LogP contribution in [0, 0.1) is 0 Å². The molecule has 33 heavy (non-hydrogen) atoms. The van der Waals surface area contributed by atoms with Crippen LogP contribution in [0.5, 0.6) is 5.75 Å². The van der Waals surface area contributed by atoms with Crippen LogP contribution in [0.3, 0.4) is 0 Å². The summed E-state index contributed by atoms with van der Waals surface area (Å²) in [5.41, 5.74) is 0.238. The molecular weight excluding hydrogens is 494 g/mol. The first-order valence-electron chi connectivity index (χ1n) is 10.9. The fourth-order valence-electron chi connectivity index (χ4n) is 3.61. The van der Waals surface area contributed by atoms with Crippen molar-refractivity contribution in [1.82, 2.24) is 20.2 Å². The first-order chi connectivity index (χ1) is 15.6. The van der Waals surface area contributed by atoms with Crippen LogP contribution in [-0.2, 0) is 9.53 Å². The van der Waals surface area contributed by atoms with Crippen molar-refractivity contribution in [2.24, 2.45) is 0 Å². The number of anilines is 1. The number of amides is 2. The molecule has 0 aliphatic carbocycles. The molecule has 1 aliphatic rings. The van der Waals surface area contributed by atoms with Crippen molar-refractivity contribution in [3.63, 3.8) is 0 Å². The molecule has 2 aromatic rings. The van der Waals surface area contributed by atoms with Gasteiger partial charge in [0.2, 0.25) is 5.91 Å². The van der Waals surface area contributed by atoms with Crippen molar-refractivity contribution in [2.75, 3.05) is 25.0 Å². The summed E-state index contributed by atoms with van der Waals surface area (Å²) in [5.74, 6) is 0.169. The maximum Gasteiger partial charge on any atom is 0.410 e. The molecule has 2 heterocycles. The maximum atomic E-state index is 12.9. The Morgan fingerprint density at radius 2 is 2.09 bits per heavy atom. The molecule has 1 aromatic heterocycles. The number of benzene rings is 1. The highest BCUT2D eigenvalue weighted by Crippen LogP contribution is 2.31. The standard InChI is InChI=1S/C22H30BrN5O5/c1-22(2,3)33-21(32)28-9-7-13(11-16(28)20(31)24-8-4-10-29)26-17-12-25-15-6-5-14(23)19(30)18(15)27-17/h5-6,12-13,16,29-30H,4,7-11H2,1-3H3,(H,24,31)(H,26,27)/t13-,16?/m0/s1. The van der Waals surface area contributed by atoms with Crippen LogP contribution in [0.1, 0.15) is 40.0 Å². The summed E-state index contributed by atoms with van der Waals surface area (Å²) >= 11 is 3.28. The third kappa shape index (κ3) is 6.44. The van der Waals surface area contributed by atoms with E-state index in [1.165, 1.54) is 4.90 Å². The number of nitrogens with one attached hydrogen (secondary N) is 2. The molecule has 1 unspecified atom stereocenters. The van der Waals surface area contributed by atoms with Gasteiger partial charge in [0.25, 0.3) is 0 Å². The quantitative estimate of drug-likeness (QED) is 0.424. The fraction of sp³-hybridized carbons (Fsp3) is 0.545. The monoisotopic (exact) mass is 523 g/mol. The molecular formula is C22H30BrN5O5. The van der Waals surface area contributed by atoms with Gasteiger partial charge in [0, 0.05) is 25.7 Å². The molecule has 2 atom stereocenters. The highest BCUT2D eigenvalue weighted by Gasteiger charge is 2.38. The summed E-state index contributed by atoms with van der Waals surface area (Å²) in [7, 11) is 0. The molecule has 1 aromatic carbocycles. The number of ether oxygens (including phenoxy) is 1. The lowest BCUT2D eigenvalue weighted by Crippen LogP contribution is -2.56. The van der Waals surface area contributed by atoms with E-state index in [2.05, 4.69) is 36.5 Å². The second kappa shape index (κ2) is 10.5. The second-order valence-corrected chi connectivity index (χ2v) is 9.80. The molecule has 11 heteroatoms. The number of aromatic hydroxyl groups is 1. The van der Waals surface area contributed by atoms with Gasteiger partial charge in [0.1, 0.15) is 23.0 Å². The van der Waals surface area contributed by atoms with E-state index < -0.39 is 17.7 Å². The lowest BCUT2D eigenvalue weighted by molar-refractivity contribution is -0.127. The molecule has 10 nitrogen and oxygen atoms in total. The van der Waals surface area contributed by atoms with E-state index in [9.17, 15) is 14.7 Å². The number of carbonyl (C=O) groups excluding carboxylic acids is 2. The Hall–Kier alpha value is -2.66. The number of fused-ring (bicyclic) bond motifs is 1. The SMILES string of the molecule is CC(C)(C)OC(=O)N1CC[C@H](Nc2cnc3ccc(Br)c(O)c3n2)CC1C(=O)NCCCO. The van der Waals surface area contributed by atoms with Crippen LogP contribution < -0.4 is 10.6 Å². The smallest absolute Gasteiger partial charge is 0.410 e. The molecule has 1 aliphatic heterocycles. The summed E-state index contributed by atoms with van der Waals surface area (Å²) in [6.07, 6.45) is 2.38. The van der Waals surface area contributed by atoms with Gasteiger partial charge in [-0.1, -0.05) is 0 Å². The van der Waals surface area contributed by atoms with Crippen molar-refractivity contribution >= 4 is 44.8 Å². The summed E-state index contributed by atoms with van der Waals surface area (Å²) in [6, 6.07) is 2.56. The van der Waals surface area contributed by atoms with Gasteiger partial charge in [0.05, 0.1) is 16.2 Å². The largest absolute Gasteiger partial charge is 0.504 e. The van der Waals surface area contributed by atoms with Gasteiger partial charge in [-0.25, -0.2) is 9.78 Å². The van der Waals surface area contributed by atoms with Gasteiger partial charge >= 0.3 is 6.09 Å². The zero-order valence-corrected chi connectivity index (χ0v) is 20.6. The number of nitrogens with zero attached hydrogens (tertiary/aromatic N) is 3. The molecule has 3 rings (SSSR count). The van der Waals surface area contributed by atoms with E-state index in [0.717, 1.165) is 0 Å². The van der Waals surface area contributed by atoms with Crippen molar-refractivity contribution in [3.8, 4) is 5.75 Å². The van der Waals surface area contributed by atoms with E-state index in [-0.39, 0.29) is 24.3 Å². The molecule has 0 bridgehead atoms. The van der Waals surface area contributed by atoms with Gasteiger partial charge in [-0.05, 0) is 68.1 Å². The Morgan fingerprint density at radius 3 is 2.79 bits per heavy atom. The Morgan fingerprint density at radius 1 is 1.33 bits per heavy atom. The summed E-state index contributed by atoms with van der Waals surface area (Å²) in [4.78, 5) is 35.9. The molecule has 1 saturated heterocycles. The number of aliphatic hydroxyl groups is 1. The number of hydrogen-bond donors (Lipinski definition) is 4.